The molecule has 1 fully saturated rings. The van der Waals surface area contributed by atoms with Crippen LogP contribution in [0.1, 0.15) is 84.8 Å². The van der Waals surface area contributed by atoms with Crippen LogP contribution in [0.25, 0.3) is 0 Å². The van der Waals surface area contributed by atoms with Crippen molar-refractivity contribution in [2.45, 2.75) is 76.2 Å². The highest BCUT2D eigenvalue weighted by atomic mass is 16.7. The Morgan fingerprint density at radius 2 is 1.80 bits per heavy atom. The fraction of sp³-hybridized carbons (Fsp3) is 0.435. The van der Waals surface area contributed by atoms with E-state index >= 15 is 0 Å². The molecule has 3 aromatic rings. The van der Waals surface area contributed by atoms with Crippen LogP contribution in [0.15, 0.2) is 96.2 Å². The predicted molar refractivity (Wildman–Crippen MR) is 226 cm³/mol. The molecule has 0 spiro atoms. The summed E-state index contributed by atoms with van der Waals surface area (Å²) < 4.78 is 19.8. The third-order valence-electron chi connectivity index (χ3n) is 11.8. The normalized spacial score (nSPS) is 23.0. The SMILES string of the molecule is C=CCOC12Oc3ccc(OC(=O)NCC)cc3C3C(CCCCO)C(CCCCO)C=C(C(=NOCc4ccc([N+](=O)[O-])cc4)CC1N(C)C(=O)c1ccc(C#N)cc1)C32. The van der Waals surface area contributed by atoms with Crippen molar-refractivity contribution in [3.63, 3.8) is 0 Å². The predicted octanol–water partition coefficient (Wildman–Crippen LogP) is 7.18. The van der Waals surface area contributed by atoms with Crippen molar-refractivity contribution in [3.05, 3.63) is 123 Å². The van der Waals surface area contributed by atoms with Crippen LogP contribution < -0.4 is 14.8 Å². The number of nitrogens with one attached hydrogen (secondary N) is 1. The van der Waals surface area contributed by atoms with E-state index in [1.807, 2.05) is 6.07 Å². The van der Waals surface area contributed by atoms with Gasteiger partial charge in [0.15, 0.2) is 0 Å². The van der Waals surface area contributed by atoms with E-state index in [9.17, 15) is 35.2 Å². The maximum atomic E-state index is 14.5. The second kappa shape index (κ2) is 20.5. The lowest BCUT2D eigenvalue weighted by atomic mass is 9.55. The molecule has 61 heavy (non-hydrogen) atoms. The zero-order valence-electron chi connectivity index (χ0n) is 34.5. The lowest BCUT2D eigenvalue weighted by molar-refractivity contribution is -0.384. The Labute approximate surface area is 355 Å². The van der Waals surface area contributed by atoms with Crippen molar-refractivity contribution in [2.24, 2.45) is 22.9 Å². The van der Waals surface area contributed by atoms with Gasteiger partial charge in [-0.1, -0.05) is 30.1 Å². The first-order valence-corrected chi connectivity index (χ1v) is 20.8. The minimum atomic E-state index is -1.51. The lowest BCUT2D eigenvalue weighted by Crippen LogP contribution is -2.69. The van der Waals surface area contributed by atoms with Crippen molar-refractivity contribution in [1.82, 2.24) is 10.2 Å². The number of ether oxygens (including phenoxy) is 3. The molecule has 15 heteroatoms. The molecule has 0 saturated heterocycles. The van der Waals surface area contributed by atoms with Gasteiger partial charge in [0.1, 0.15) is 24.1 Å². The number of nitro benzene ring substituents is 1. The summed E-state index contributed by atoms with van der Waals surface area (Å²) in [5, 5.41) is 47.9. The number of benzene rings is 3. The van der Waals surface area contributed by atoms with Gasteiger partial charge in [0.2, 0.25) is 5.79 Å². The van der Waals surface area contributed by atoms with Crippen LogP contribution in [-0.4, -0.2) is 83.0 Å². The van der Waals surface area contributed by atoms with E-state index in [4.69, 9.17) is 24.2 Å². The molecule has 1 aliphatic heterocycles. The number of nitro groups is 1. The number of nitrogens with zero attached hydrogens (tertiary/aromatic N) is 4. The van der Waals surface area contributed by atoms with Crippen LogP contribution in [0.2, 0.25) is 0 Å². The monoisotopic (exact) mass is 835 g/mol. The molecule has 0 bridgehead atoms. The smallest absolute Gasteiger partial charge is 0.412 e. The summed E-state index contributed by atoms with van der Waals surface area (Å²) in [6.45, 7) is 6.28. The van der Waals surface area contributed by atoms with Crippen LogP contribution in [0.5, 0.6) is 11.5 Å². The number of hydrogen-bond acceptors (Lipinski definition) is 12. The number of rotatable bonds is 19. The summed E-state index contributed by atoms with van der Waals surface area (Å²) in [5.41, 5.74) is 3.52. The van der Waals surface area contributed by atoms with Gasteiger partial charge >= 0.3 is 6.09 Å². The topological polar surface area (TPSA) is 206 Å². The van der Waals surface area contributed by atoms with E-state index in [1.54, 1.807) is 73.5 Å². The number of amides is 2. The number of likely N-dealkylation sites (N-methyl/N-ethyl adjacent to an activating group) is 1. The summed E-state index contributed by atoms with van der Waals surface area (Å²) >= 11 is 0. The summed E-state index contributed by atoms with van der Waals surface area (Å²) in [5.74, 6) is -2.11. The van der Waals surface area contributed by atoms with Crippen LogP contribution in [0.4, 0.5) is 10.5 Å². The van der Waals surface area contributed by atoms with Gasteiger partial charge in [-0.3, -0.25) is 14.9 Å². The molecule has 6 unspecified atom stereocenters. The first-order valence-electron chi connectivity index (χ1n) is 20.8. The van der Waals surface area contributed by atoms with Crippen molar-refractivity contribution in [1.29, 1.82) is 5.26 Å². The summed E-state index contributed by atoms with van der Waals surface area (Å²) in [6.07, 6.45) is 7.48. The summed E-state index contributed by atoms with van der Waals surface area (Å²) in [4.78, 5) is 45.7. The maximum absolute atomic E-state index is 14.5. The molecule has 0 aromatic heterocycles. The van der Waals surface area contributed by atoms with Crippen LogP contribution in [-0.2, 0) is 16.2 Å². The van der Waals surface area contributed by atoms with Gasteiger partial charge in [0.05, 0.1) is 34.8 Å². The van der Waals surface area contributed by atoms with Gasteiger partial charge < -0.3 is 39.5 Å². The highest BCUT2D eigenvalue weighted by Crippen LogP contribution is 2.62. The molecule has 322 valence electrons. The van der Waals surface area contributed by atoms with Crippen molar-refractivity contribution in [3.8, 4) is 17.6 Å². The zero-order chi connectivity index (χ0) is 43.5. The Bertz CT molecular complexity index is 2150. The van der Waals surface area contributed by atoms with Gasteiger partial charge in [-0.25, -0.2) is 4.79 Å². The first-order chi connectivity index (χ1) is 29.6. The van der Waals surface area contributed by atoms with Crippen molar-refractivity contribution in [2.75, 3.05) is 33.4 Å². The second-order valence-electron chi connectivity index (χ2n) is 15.5. The fourth-order valence-corrected chi connectivity index (χ4v) is 9.01. The number of hydrogen-bond donors (Lipinski definition) is 3. The van der Waals surface area contributed by atoms with E-state index in [-0.39, 0.29) is 62.2 Å². The third kappa shape index (κ3) is 9.78. The number of allylic oxidation sites excluding steroid dienone is 1. The van der Waals surface area contributed by atoms with Gasteiger partial charge in [0, 0.05) is 62.4 Å². The number of carbonyl (C=O) groups excluding carboxylic acids is 2. The largest absolute Gasteiger partial charge is 0.459 e. The van der Waals surface area contributed by atoms with E-state index in [2.05, 4.69) is 24.0 Å². The van der Waals surface area contributed by atoms with Crippen molar-refractivity contribution >= 4 is 23.4 Å². The summed E-state index contributed by atoms with van der Waals surface area (Å²) in [7, 11) is 1.69. The number of unbranched alkanes of at least 4 members (excludes halogenated alkanes) is 2. The van der Waals surface area contributed by atoms with E-state index in [0.717, 1.165) is 30.4 Å². The van der Waals surface area contributed by atoms with Gasteiger partial charge in [-0.05, 0) is 110 Å². The third-order valence-corrected chi connectivity index (χ3v) is 11.8. The number of non-ortho nitro benzene ring substituents is 1. The number of aliphatic hydroxyl groups excluding tert-OH is 2. The average Bonchev–Trinajstić information content (AvgIpc) is 3.27. The number of aliphatic hydroxyl groups is 2. The molecule has 0 radical (unpaired) electrons. The zero-order valence-corrected chi connectivity index (χ0v) is 34.5. The van der Waals surface area contributed by atoms with Gasteiger partial charge in [0.25, 0.3) is 11.6 Å². The molecular weight excluding hydrogens is 783 g/mol. The number of nitriles is 1. The molecule has 2 amide bonds. The lowest BCUT2D eigenvalue weighted by Gasteiger charge is -2.59. The Kier molecular flexibility index (Phi) is 14.9. The molecule has 3 aromatic carbocycles. The Morgan fingerprint density at radius 1 is 1.08 bits per heavy atom. The van der Waals surface area contributed by atoms with Crippen molar-refractivity contribution < 1.29 is 43.8 Å². The molecule has 1 saturated carbocycles. The van der Waals surface area contributed by atoms with Crippen LogP contribution in [0.3, 0.4) is 0 Å². The minimum Gasteiger partial charge on any atom is -0.459 e. The average molecular weight is 836 g/mol. The Morgan fingerprint density at radius 3 is 2.46 bits per heavy atom. The van der Waals surface area contributed by atoms with E-state index < -0.39 is 28.8 Å². The minimum absolute atomic E-state index is 0.00915. The second-order valence-corrected chi connectivity index (χ2v) is 15.5. The molecule has 15 nitrogen and oxygen atoms in total. The number of carbonyl (C=O) groups is 2. The maximum Gasteiger partial charge on any atom is 0.412 e. The molecule has 1 heterocycles. The molecule has 6 atom stereocenters. The van der Waals surface area contributed by atoms with E-state index in [1.165, 1.54) is 12.1 Å². The van der Waals surface area contributed by atoms with Crippen LogP contribution >= 0.6 is 0 Å². The quantitative estimate of drug-likeness (QED) is 0.0477. The molecule has 3 N–H and O–H groups in total. The molecule has 3 aliphatic rings. The standard InChI is InChI=1S/C46H53N5O10/c1-4-24-58-46-41(50(3)44(54)32-16-12-30(28-47)13-17-32)27-39(49-59-29-31-14-18-34(19-15-31)51(56)57)37-25-33(10-6-8-22-52)36(11-7-9-23-53)42(43(37)46)38-26-35(20-21-40(38)61-46)60-45(55)48-5-2/h4,12-21,25-26,33,36,41-43,52-53H,1,5-11,22-24,27,29H2,2-3H3,(H,48,55). The highest BCUT2D eigenvalue weighted by molar-refractivity contribution is 6.03. The van der Waals surface area contributed by atoms with Crippen LogP contribution in [0, 0.1) is 39.2 Å². The number of oxime groups is 1. The molecule has 6 rings (SSSR count). The first kappa shape index (κ1) is 44.5. The van der Waals surface area contributed by atoms with E-state index in [0.29, 0.717) is 59.7 Å². The number of fused-ring (bicyclic) bond motifs is 2. The Balaban J connectivity index is 1.55. The van der Waals surface area contributed by atoms with Gasteiger partial charge in [-0.15, -0.1) is 6.58 Å². The summed E-state index contributed by atoms with van der Waals surface area (Å²) in [6, 6.07) is 18.9. The highest BCUT2D eigenvalue weighted by Gasteiger charge is 2.65. The molecule has 2 aliphatic carbocycles. The van der Waals surface area contributed by atoms with Gasteiger partial charge in [-0.2, -0.15) is 5.26 Å². The Hall–Kier alpha value is -6.08. The fourth-order valence-electron chi connectivity index (χ4n) is 9.01. The molecular formula is C46H53N5O10.